The van der Waals surface area contributed by atoms with Crippen LogP contribution in [0.3, 0.4) is 0 Å². The Hall–Kier alpha value is -0.810. The number of halogens is 2. The molecule has 0 aliphatic carbocycles. The van der Waals surface area contributed by atoms with Crippen LogP contribution in [0, 0.1) is 0 Å². The molecule has 1 aromatic carbocycles. The van der Waals surface area contributed by atoms with Crippen LogP contribution in [-0.4, -0.2) is 23.6 Å². The Bertz CT molecular complexity index is 578. The molecule has 1 aliphatic rings. The summed E-state index contributed by atoms with van der Waals surface area (Å²) in [4.78, 5) is 14.1. The van der Waals surface area contributed by atoms with Gasteiger partial charge in [0.25, 0.3) is 0 Å². The fourth-order valence-electron chi connectivity index (χ4n) is 2.89. The normalized spacial score (nSPS) is 21.4. The monoisotopic (exact) mass is 415 g/mol. The van der Waals surface area contributed by atoms with Crippen molar-refractivity contribution in [2.75, 3.05) is 7.11 Å². The van der Waals surface area contributed by atoms with Crippen LogP contribution in [0.25, 0.3) is 0 Å². The number of methoxy groups -OCH3 is 1. The number of amides is 1. The summed E-state index contributed by atoms with van der Waals surface area (Å²) in [5.74, 6) is 0. The van der Waals surface area contributed by atoms with Gasteiger partial charge in [0.2, 0.25) is 0 Å². The number of benzene rings is 1. The predicted molar refractivity (Wildman–Crippen MR) is 91.5 cm³/mol. The lowest BCUT2D eigenvalue weighted by atomic mass is 9.85. The molecule has 1 aliphatic heterocycles. The van der Waals surface area contributed by atoms with Crippen LogP contribution in [0.5, 0.6) is 0 Å². The van der Waals surface area contributed by atoms with Crippen molar-refractivity contribution in [1.82, 2.24) is 4.90 Å². The summed E-state index contributed by atoms with van der Waals surface area (Å²) in [6.07, 6.45) is 0.484. The number of hydrogen-bond donors (Lipinski definition) is 0. The van der Waals surface area contributed by atoms with Crippen molar-refractivity contribution in [1.29, 1.82) is 0 Å². The van der Waals surface area contributed by atoms with Gasteiger partial charge in [0, 0.05) is 8.96 Å². The molecule has 0 radical (unpaired) electrons. The molecule has 1 unspecified atom stereocenters. The summed E-state index contributed by atoms with van der Waals surface area (Å²) >= 11 is 7.10. The highest BCUT2D eigenvalue weighted by Gasteiger charge is 2.44. The summed E-state index contributed by atoms with van der Waals surface area (Å²) < 4.78 is 7.10. The molecule has 1 heterocycles. The summed E-state index contributed by atoms with van der Waals surface area (Å²) in [5, 5.41) is 0. The second-order valence-corrected chi connectivity index (χ2v) is 7.47. The summed E-state index contributed by atoms with van der Waals surface area (Å²) in [6.45, 7) is 6.16. The number of ether oxygens (including phenoxy) is 1. The highest BCUT2D eigenvalue weighted by atomic mass is 79.9. The summed E-state index contributed by atoms with van der Waals surface area (Å²) in [7, 11) is 1.43. The molecule has 21 heavy (non-hydrogen) atoms. The van der Waals surface area contributed by atoms with Crippen LogP contribution in [0.4, 0.5) is 4.79 Å². The summed E-state index contributed by atoms with van der Waals surface area (Å²) in [5.41, 5.74) is 1.93. The van der Waals surface area contributed by atoms with E-state index < -0.39 is 5.54 Å². The third-order valence-electron chi connectivity index (χ3n) is 3.95. The molecule has 3 nitrogen and oxygen atoms in total. The number of rotatable bonds is 1. The third-order valence-corrected chi connectivity index (χ3v) is 6.13. The highest BCUT2D eigenvalue weighted by molar-refractivity contribution is 9.11. The average Bonchev–Trinajstić information content (AvgIpc) is 2.44. The van der Waals surface area contributed by atoms with Gasteiger partial charge in [-0.25, -0.2) is 4.79 Å². The van der Waals surface area contributed by atoms with Crippen molar-refractivity contribution in [3.05, 3.63) is 44.4 Å². The zero-order chi connectivity index (χ0) is 15.8. The number of hydrogen-bond acceptors (Lipinski definition) is 2. The van der Waals surface area contributed by atoms with Gasteiger partial charge in [-0.3, -0.25) is 4.90 Å². The minimum absolute atomic E-state index is 0.0261. The van der Waals surface area contributed by atoms with Gasteiger partial charge in [-0.1, -0.05) is 49.6 Å². The quantitative estimate of drug-likeness (QED) is 0.612. The maximum absolute atomic E-state index is 12.3. The van der Waals surface area contributed by atoms with E-state index in [-0.39, 0.29) is 12.1 Å². The van der Waals surface area contributed by atoms with E-state index in [2.05, 4.69) is 38.8 Å². The standard InChI is InChI=1S/C16H19Br2NO2/c1-10-9-13(11-5-7-12(17)8-6-11)19(15(20)21-4)16(2,3)14(10)18/h5-8,13H,9H2,1-4H3. The van der Waals surface area contributed by atoms with Crippen molar-refractivity contribution in [3.8, 4) is 0 Å². The van der Waals surface area contributed by atoms with Crippen LogP contribution >= 0.6 is 31.9 Å². The molecule has 0 N–H and O–H groups in total. The van der Waals surface area contributed by atoms with E-state index in [0.717, 1.165) is 20.9 Å². The van der Waals surface area contributed by atoms with Crippen molar-refractivity contribution in [2.24, 2.45) is 0 Å². The van der Waals surface area contributed by atoms with Gasteiger partial charge in [0.05, 0.1) is 18.7 Å². The van der Waals surface area contributed by atoms with Crippen molar-refractivity contribution in [2.45, 2.75) is 38.8 Å². The van der Waals surface area contributed by atoms with E-state index in [1.807, 2.05) is 43.0 Å². The van der Waals surface area contributed by atoms with E-state index in [4.69, 9.17) is 4.74 Å². The summed E-state index contributed by atoms with van der Waals surface area (Å²) in [6, 6.07) is 8.07. The van der Waals surface area contributed by atoms with Crippen molar-refractivity contribution in [3.63, 3.8) is 0 Å². The molecule has 0 bridgehead atoms. The van der Waals surface area contributed by atoms with E-state index in [9.17, 15) is 4.79 Å². The number of nitrogens with zero attached hydrogens (tertiary/aromatic N) is 1. The Balaban J connectivity index is 2.52. The Morgan fingerprint density at radius 2 is 1.86 bits per heavy atom. The van der Waals surface area contributed by atoms with Crippen LogP contribution in [0.1, 0.15) is 38.8 Å². The maximum Gasteiger partial charge on any atom is 0.410 e. The average molecular weight is 417 g/mol. The van der Waals surface area contributed by atoms with E-state index >= 15 is 0 Å². The molecule has 0 aromatic heterocycles. The van der Waals surface area contributed by atoms with Gasteiger partial charge < -0.3 is 4.74 Å². The third kappa shape index (κ3) is 3.04. The Kier molecular flexibility index (Phi) is 4.83. The molecular formula is C16H19Br2NO2. The largest absolute Gasteiger partial charge is 0.453 e. The van der Waals surface area contributed by atoms with Crippen LogP contribution < -0.4 is 0 Å². The Labute approximate surface area is 142 Å². The molecule has 1 aromatic rings. The lowest BCUT2D eigenvalue weighted by molar-refractivity contribution is 0.0593. The van der Waals surface area contributed by atoms with Gasteiger partial charge in [0.1, 0.15) is 0 Å². The molecule has 2 rings (SSSR count). The first kappa shape index (κ1) is 16.6. The highest BCUT2D eigenvalue weighted by Crippen LogP contribution is 2.45. The molecule has 0 saturated carbocycles. The number of carbonyl (C=O) groups is 1. The van der Waals surface area contributed by atoms with E-state index in [1.54, 1.807) is 0 Å². The lowest BCUT2D eigenvalue weighted by Crippen LogP contribution is -2.52. The van der Waals surface area contributed by atoms with Gasteiger partial charge in [-0.15, -0.1) is 0 Å². The fraction of sp³-hybridized carbons (Fsp3) is 0.438. The minimum Gasteiger partial charge on any atom is -0.453 e. The molecule has 5 heteroatoms. The molecule has 1 amide bonds. The molecule has 0 saturated heterocycles. The first-order valence-electron chi connectivity index (χ1n) is 6.77. The van der Waals surface area contributed by atoms with Gasteiger partial charge >= 0.3 is 6.09 Å². The van der Waals surface area contributed by atoms with Crippen LogP contribution in [0.15, 0.2) is 38.8 Å². The molecule has 114 valence electrons. The van der Waals surface area contributed by atoms with Crippen molar-refractivity contribution >= 4 is 38.0 Å². The fourth-order valence-corrected chi connectivity index (χ4v) is 3.51. The zero-order valence-electron chi connectivity index (χ0n) is 12.6. The van der Waals surface area contributed by atoms with Gasteiger partial charge in [-0.05, 0) is 44.9 Å². The molecule has 0 fully saturated rings. The van der Waals surface area contributed by atoms with Gasteiger partial charge in [0.15, 0.2) is 0 Å². The Morgan fingerprint density at radius 1 is 1.29 bits per heavy atom. The first-order valence-corrected chi connectivity index (χ1v) is 8.36. The van der Waals surface area contributed by atoms with E-state index in [0.29, 0.717) is 0 Å². The predicted octanol–water partition coefficient (Wildman–Crippen LogP) is 5.41. The molecule has 0 spiro atoms. The van der Waals surface area contributed by atoms with Crippen molar-refractivity contribution < 1.29 is 9.53 Å². The SMILES string of the molecule is COC(=O)N1C(c2ccc(Br)cc2)CC(C)=C(Br)C1(C)C. The lowest BCUT2D eigenvalue weighted by Gasteiger charge is -2.47. The topological polar surface area (TPSA) is 29.5 Å². The van der Waals surface area contributed by atoms with Gasteiger partial charge in [-0.2, -0.15) is 0 Å². The number of carbonyl (C=O) groups excluding carboxylic acids is 1. The smallest absolute Gasteiger partial charge is 0.410 e. The molecule has 1 atom stereocenters. The van der Waals surface area contributed by atoms with Crippen LogP contribution in [0.2, 0.25) is 0 Å². The second-order valence-electron chi connectivity index (χ2n) is 5.76. The van der Waals surface area contributed by atoms with E-state index in [1.165, 1.54) is 12.7 Å². The van der Waals surface area contributed by atoms with Crippen LogP contribution in [-0.2, 0) is 4.74 Å². The second kappa shape index (κ2) is 6.13. The Morgan fingerprint density at radius 3 is 2.38 bits per heavy atom. The molecular weight excluding hydrogens is 398 g/mol. The zero-order valence-corrected chi connectivity index (χ0v) is 15.8. The maximum atomic E-state index is 12.3. The minimum atomic E-state index is -0.437. The first-order chi connectivity index (χ1) is 9.78.